The maximum absolute atomic E-state index is 12.9. The van der Waals surface area contributed by atoms with Gasteiger partial charge in [0.25, 0.3) is 0 Å². The van der Waals surface area contributed by atoms with Crippen LogP contribution >= 0.6 is 22.9 Å². The highest BCUT2D eigenvalue weighted by atomic mass is 35.5. The van der Waals surface area contributed by atoms with Gasteiger partial charge in [0, 0.05) is 5.69 Å². The number of carbonyl (C=O) groups is 2. The van der Waals surface area contributed by atoms with E-state index < -0.39 is 17.6 Å². The summed E-state index contributed by atoms with van der Waals surface area (Å²) >= 11 is 6.71. The Kier molecular flexibility index (Phi) is 4.26. The second-order valence-electron chi connectivity index (χ2n) is 3.66. The van der Waals surface area contributed by atoms with Crippen LogP contribution in [-0.4, -0.2) is 22.0 Å². The topological polar surface area (TPSA) is 84.0 Å². The molecule has 2 amide bonds. The number of hydrogen-bond acceptors (Lipinski definition) is 5. The average molecular weight is 315 g/mol. The molecule has 2 N–H and O–H groups in total. The summed E-state index contributed by atoms with van der Waals surface area (Å²) in [6, 6.07) is 3.59. The van der Waals surface area contributed by atoms with E-state index in [2.05, 4.69) is 20.8 Å². The lowest BCUT2D eigenvalue weighted by Crippen LogP contribution is -2.29. The second-order valence-corrected chi connectivity index (χ2v) is 5.25. The minimum Gasteiger partial charge on any atom is -0.318 e. The van der Waals surface area contributed by atoms with Gasteiger partial charge in [-0.1, -0.05) is 22.9 Å². The maximum atomic E-state index is 12.9. The van der Waals surface area contributed by atoms with Crippen LogP contribution in [-0.2, 0) is 9.59 Å². The van der Waals surface area contributed by atoms with Crippen LogP contribution < -0.4 is 10.6 Å². The average Bonchev–Trinajstić information content (AvgIpc) is 2.79. The highest BCUT2D eigenvalue weighted by Crippen LogP contribution is 2.19. The lowest BCUT2D eigenvalue weighted by molar-refractivity contribution is -0.133. The van der Waals surface area contributed by atoms with Crippen molar-refractivity contribution in [3.63, 3.8) is 0 Å². The summed E-state index contributed by atoms with van der Waals surface area (Å²) in [4.78, 5) is 23.2. The Labute approximate surface area is 122 Å². The third kappa shape index (κ3) is 3.49. The molecular weight excluding hydrogens is 307 g/mol. The highest BCUT2D eigenvalue weighted by Gasteiger charge is 2.16. The molecule has 0 unspecified atom stereocenters. The Bertz CT molecular complexity index is 676. The molecular formula is C11H8ClFN4O2S. The van der Waals surface area contributed by atoms with Gasteiger partial charge in [-0.05, 0) is 25.1 Å². The van der Waals surface area contributed by atoms with Crippen molar-refractivity contribution in [2.45, 2.75) is 6.92 Å². The van der Waals surface area contributed by atoms with Gasteiger partial charge in [-0.25, -0.2) is 4.39 Å². The zero-order chi connectivity index (χ0) is 14.7. The Balaban J connectivity index is 2.00. The SMILES string of the molecule is Cc1nnc(NC(=O)C(=O)Nc2ccc(F)c(Cl)c2)s1. The third-order valence-corrected chi connectivity index (χ3v) is 3.17. The van der Waals surface area contributed by atoms with Gasteiger partial charge in [0.2, 0.25) is 5.13 Å². The molecule has 20 heavy (non-hydrogen) atoms. The molecule has 1 heterocycles. The number of carbonyl (C=O) groups excluding carboxylic acids is 2. The monoisotopic (exact) mass is 314 g/mol. The van der Waals surface area contributed by atoms with Crippen molar-refractivity contribution in [2.24, 2.45) is 0 Å². The van der Waals surface area contributed by atoms with E-state index in [1.165, 1.54) is 12.1 Å². The maximum Gasteiger partial charge on any atom is 0.315 e. The van der Waals surface area contributed by atoms with Gasteiger partial charge in [-0.3, -0.25) is 14.9 Å². The molecule has 2 aromatic rings. The fourth-order valence-electron chi connectivity index (χ4n) is 1.26. The molecule has 0 aliphatic heterocycles. The minimum atomic E-state index is -0.916. The largest absolute Gasteiger partial charge is 0.318 e. The molecule has 0 saturated heterocycles. The van der Waals surface area contributed by atoms with Crippen molar-refractivity contribution in [1.82, 2.24) is 10.2 Å². The molecule has 1 aromatic heterocycles. The van der Waals surface area contributed by atoms with E-state index >= 15 is 0 Å². The molecule has 2 rings (SSSR count). The first-order chi connectivity index (χ1) is 9.45. The number of hydrogen-bond donors (Lipinski definition) is 2. The van der Waals surface area contributed by atoms with Crippen LogP contribution in [0, 0.1) is 12.7 Å². The number of benzene rings is 1. The number of amides is 2. The fourth-order valence-corrected chi connectivity index (χ4v) is 2.03. The number of halogens is 2. The van der Waals surface area contributed by atoms with E-state index in [-0.39, 0.29) is 15.8 Å². The summed E-state index contributed by atoms with van der Waals surface area (Å²) in [6.07, 6.45) is 0. The predicted octanol–water partition coefficient (Wildman–Crippen LogP) is 2.22. The fraction of sp³-hybridized carbons (Fsp3) is 0.0909. The zero-order valence-corrected chi connectivity index (χ0v) is 11.7. The number of aromatic nitrogens is 2. The number of anilines is 2. The molecule has 0 atom stereocenters. The Morgan fingerprint density at radius 1 is 1.25 bits per heavy atom. The molecule has 1 aromatic carbocycles. The van der Waals surface area contributed by atoms with Crippen LogP contribution in [0.5, 0.6) is 0 Å². The summed E-state index contributed by atoms with van der Waals surface area (Å²) < 4.78 is 12.9. The molecule has 104 valence electrons. The smallest absolute Gasteiger partial charge is 0.315 e. The summed E-state index contributed by atoms with van der Waals surface area (Å²) in [5.74, 6) is -2.43. The molecule has 0 saturated carbocycles. The van der Waals surface area contributed by atoms with E-state index in [0.717, 1.165) is 17.4 Å². The number of aryl methyl sites for hydroxylation is 1. The summed E-state index contributed by atoms with van der Waals surface area (Å²) in [5.41, 5.74) is 0.213. The van der Waals surface area contributed by atoms with E-state index in [9.17, 15) is 14.0 Å². The molecule has 9 heteroatoms. The highest BCUT2D eigenvalue weighted by molar-refractivity contribution is 7.15. The summed E-state index contributed by atoms with van der Waals surface area (Å²) in [6.45, 7) is 1.72. The predicted molar refractivity (Wildman–Crippen MR) is 73.3 cm³/mol. The van der Waals surface area contributed by atoms with E-state index in [4.69, 9.17) is 11.6 Å². The third-order valence-electron chi connectivity index (χ3n) is 2.13. The number of rotatable bonds is 2. The molecule has 0 radical (unpaired) electrons. The van der Waals surface area contributed by atoms with E-state index in [1.54, 1.807) is 6.92 Å². The van der Waals surface area contributed by atoms with Crippen LogP contribution in [0.25, 0.3) is 0 Å². The van der Waals surface area contributed by atoms with Crippen molar-refractivity contribution in [2.75, 3.05) is 10.6 Å². The lowest BCUT2D eigenvalue weighted by atomic mass is 10.3. The normalized spacial score (nSPS) is 10.2. The standard InChI is InChI=1S/C11H8ClFN4O2S/c1-5-16-17-11(20-5)15-10(19)9(18)14-6-2-3-8(13)7(12)4-6/h2-4H,1H3,(H,14,18)(H,15,17,19). The van der Waals surface area contributed by atoms with Crippen LogP contribution in [0.4, 0.5) is 15.2 Å². The molecule has 0 aliphatic carbocycles. The Morgan fingerprint density at radius 2 is 1.95 bits per heavy atom. The van der Waals surface area contributed by atoms with Gasteiger partial charge >= 0.3 is 11.8 Å². The summed E-state index contributed by atoms with van der Waals surface area (Å²) in [7, 11) is 0. The van der Waals surface area contributed by atoms with Crippen molar-refractivity contribution in [1.29, 1.82) is 0 Å². The van der Waals surface area contributed by atoms with Crippen LogP contribution in [0.3, 0.4) is 0 Å². The first kappa shape index (κ1) is 14.4. The lowest BCUT2D eigenvalue weighted by Gasteiger charge is -2.05. The first-order valence-corrected chi connectivity index (χ1v) is 6.52. The van der Waals surface area contributed by atoms with Gasteiger partial charge in [0.15, 0.2) is 0 Å². The molecule has 0 fully saturated rings. The van der Waals surface area contributed by atoms with Crippen molar-refractivity contribution < 1.29 is 14.0 Å². The van der Waals surface area contributed by atoms with Gasteiger partial charge in [-0.15, -0.1) is 10.2 Å². The molecule has 6 nitrogen and oxygen atoms in total. The Hall–Kier alpha value is -2.06. The van der Waals surface area contributed by atoms with Crippen LogP contribution in [0.15, 0.2) is 18.2 Å². The second kappa shape index (κ2) is 5.93. The number of nitrogens with one attached hydrogen (secondary N) is 2. The van der Waals surface area contributed by atoms with Gasteiger partial charge < -0.3 is 5.32 Å². The molecule has 0 spiro atoms. The molecule has 0 aliphatic rings. The van der Waals surface area contributed by atoms with E-state index in [0.29, 0.717) is 5.01 Å². The van der Waals surface area contributed by atoms with Crippen molar-refractivity contribution >= 4 is 45.6 Å². The van der Waals surface area contributed by atoms with Crippen LogP contribution in [0.2, 0.25) is 5.02 Å². The Morgan fingerprint density at radius 3 is 2.55 bits per heavy atom. The minimum absolute atomic E-state index is 0.150. The summed E-state index contributed by atoms with van der Waals surface area (Å²) in [5, 5.41) is 12.7. The first-order valence-electron chi connectivity index (χ1n) is 5.33. The van der Waals surface area contributed by atoms with Gasteiger partial charge in [0.1, 0.15) is 10.8 Å². The van der Waals surface area contributed by atoms with Crippen molar-refractivity contribution in [3.8, 4) is 0 Å². The van der Waals surface area contributed by atoms with Crippen molar-refractivity contribution in [3.05, 3.63) is 34.0 Å². The quantitative estimate of drug-likeness (QED) is 0.832. The molecule has 0 bridgehead atoms. The van der Waals surface area contributed by atoms with Gasteiger partial charge in [0.05, 0.1) is 5.02 Å². The van der Waals surface area contributed by atoms with E-state index in [1.807, 2.05) is 0 Å². The number of nitrogens with zero attached hydrogens (tertiary/aromatic N) is 2. The zero-order valence-electron chi connectivity index (χ0n) is 10.1. The van der Waals surface area contributed by atoms with Crippen LogP contribution in [0.1, 0.15) is 5.01 Å². The van der Waals surface area contributed by atoms with Gasteiger partial charge in [-0.2, -0.15) is 0 Å².